The van der Waals surface area contributed by atoms with Crippen LogP contribution in [0.5, 0.6) is 0 Å². The number of fused-ring (bicyclic) bond motifs is 5. The number of nitrogens with zero attached hydrogens (tertiary/aromatic N) is 2. The van der Waals surface area contributed by atoms with Crippen LogP contribution in [0.1, 0.15) is 39.9 Å². The quantitative estimate of drug-likeness (QED) is 0.183. The van der Waals surface area contributed by atoms with Crippen molar-refractivity contribution in [2.75, 3.05) is 19.4 Å². The van der Waals surface area contributed by atoms with Crippen LogP contribution in [0.2, 0.25) is 0 Å². The number of amides is 1. The second kappa shape index (κ2) is 11.6. The fourth-order valence-corrected chi connectivity index (χ4v) is 11.2. The number of anilines is 1. The molecule has 0 spiro atoms. The molecule has 7 aromatic rings. The third-order valence-corrected chi connectivity index (χ3v) is 13.6. The van der Waals surface area contributed by atoms with E-state index in [0.29, 0.717) is 22.2 Å². The van der Waals surface area contributed by atoms with Crippen LogP contribution in [0.4, 0.5) is 10.5 Å². The van der Waals surface area contributed by atoms with Gasteiger partial charge in [0.1, 0.15) is 5.58 Å². The van der Waals surface area contributed by atoms with Crippen LogP contribution in [0.3, 0.4) is 0 Å². The van der Waals surface area contributed by atoms with E-state index < -0.39 is 19.1 Å². The molecule has 0 saturated carbocycles. The number of furan rings is 1. The number of hydrogen-bond acceptors (Lipinski definition) is 4. The van der Waals surface area contributed by atoms with Gasteiger partial charge in [-0.05, 0) is 37.4 Å². The Hall–Kier alpha value is -5.46. The highest BCUT2D eigenvalue weighted by atomic mass is 31.2. The van der Waals surface area contributed by atoms with Crippen LogP contribution in [0.25, 0.3) is 21.9 Å². The van der Waals surface area contributed by atoms with Gasteiger partial charge in [0, 0.05) is 27.5 Å². The lowest BCUT2D eigenvalue weighted by Gasteiger charge is -2.39. The molecule has 1 amide bonds. The Morgan fingerprint density at radius 2 is 1.10 bits per heavy atom. The summed E-state index contributed by atoms with van der Waals surface area (Å²) >= 11 is 0. The topological polar surface area (TPSA) is 75.0 Å². The normalized spacial score (nSPS) is 20.0. The van der Waals surface area contributed by atoms with E-state index in [-0.39, 0.29) is 12.1 Å². The summed E-state index contributed by atoms with van der Waals surface area (Å²) in [6.45, 7) is 0. The fraction of sp³-hybridized carbons (Fsp3) is 0.119. The zero-order chi connectivity index (χ0) is 34.0. The van der Waals surface area contributed by atoms with Gasteiger partial charge in [-0.2, -0.15) is 0 Å². The zero-order valence-electron chi connectivity index (χ0n) is 27.6. The minimum atomic E-state index is -3.45. The van der Waals surface area contributed by atoms with Crippen molar-refractivity contribution in [1.29, 1.82) is 0 Å². The monoisotopic (exact) mass is 675 g/mol. The Kier molecular flexibility index (Phi) is 7.08. The molecular formula is C42H34N3O4P. The van der Waals surface area contributed by atoms with E-state index in [9.17, 15) is 4.79 Å². The van der Waals surface area contributed by atoms with E-state index in [1.54, 1.807) is 0 Å². The van der Waals surface area contributed by atoms with Gasteiger partial charge in [-0.1, -0.05) is 140 Å². The number of carbonyl (C=O) groups is 1. The maximum atomic E-state index is 15.9. The molecule has 1 N–H and O–H groups in total. The van der Waals surface area contributed by atoms with E-state index in [1.165, 1.54) is 0 Å². The summed E-state index contributed by atoms with van der Waals surface area (Å²) in [7, 11) is 0.453. The second-order valence-corrected chi connectivity index (χ2v) is 15.8. The lowest BCUT2D eigenvalue weighted by Crippen LogP contribution is -2.41. The van der Waals surface area contributed by atoms with Crippen molar-refractivity contribution >= 4 is 46.5 Å². The summed E-state index contributed by atoms with van der Waals surface area (Å²) in [5, 5.41) is 5.23. The highest BCUT2D eigenvalue weighted by molar-refractivity contribution is 7.67. The van der Waals surface area contributed by atoms with Gasteiger partial charge in [-0.15, -0.1) is 0 Å². The van der Waals surface area contributed by atoms with Crippen molar-refractivity contribution in [3.63, 3.8) is 0 Å². The van der Waals surface area contributed by atoms with Gasteiger partial charge < -0.3 is 9.15 Å². The Bertz CT molecular complexity index is 2340. The predicted molar refractivity (Wildman–Crippen MR) is 198 cm³/mol. The fourth-order valence-electron chi connectivity index (χ4n) is 8.16. The van der Waals surface area contributed by atoms with Gasteiger partial charge >= 0.3 is 6.09 Å². The third kappa shape index (κ3) is 4.31. The van der Waals surface area contributed by atoms with Crippen molar-refractivity contribution in [2.24, 2.45) is 0 Å². The van der Waals surface area contributed by atoms with Gasteiger partial charge in [-0.3, -0.25) is 9.88 Å². The zero-order valence-corrected chi connectivity index (χ0v) is 28.5. The summed E-state index contributed by atoms with van der Waals surface area (Å²) in [5.41, 5.74) is 4.90. The summed E-state index contributed by atoms with van der Waals surface area (Å²) in [6.07, 6.45) is -0.585. The second-order valence-electron chi connectivity index (χ2n) is 13.0. The molecule has 0 unspecified atom stereocenters. The Balaban J connectivity index is 1.28. The molecule has 0 bridgehead atoms. The summed E-state index contributed by atoms with van der Waals surface area (Å²) in [4.78, 5) is 13.6. The highest BCUT2D eigenvalue weighted by Gasteiger charge is 2.54. The van der Waals surface area contributed by atoms with Crippen LogP contribution in [-0.2, 0) is 14.9 Å². The van der Waals surface area contributed by atoms with Gasteiger partial charge in [0.2, 0.25) is 7.44 Å². The van der Waals surface area contributed by atoms with E-state index in [4.69, 9.17) is 9.15 Å². The number of likely N-dealkylation sites (N-methyl/N-ethyl adjacent to an activating group) is 2. The number of rotatable bonds is 5. The van der Waals surface area contributed by atoms with Gasteiger partial charge in [-0.25, -0.2) is 14.1 Å². The summed E-state index contributed by atoms with van der Waals surface area (Å²) in [5.74, 6) is 0. The standard InChI is InChI=1S/C42H34N3O4P/c1-44-37(28-16-7-3-8-17-28)38(29-18-9-4-10-19-29)45(2)50(44,47)35-25-15-24-32-33-26-27-34-36(40(33)48-39(32)35)43-41(46)49-42(34,30-20-11-5-12-21-30)31-22-13-6-14-23-31/h3-27,37-38H,1-2H3,(H,43,46)/t37-,38-/m0/s1. The van der Waals surface area contributed by atoms with E-state index in [0.717, 1.165) is 38.6 Å². The molecule has 0 aliphatic carbocycles. The lowest BCUT2D eigenvalue weighted by molar-refractivity contribution is 0.0739. The largest absolute Gasteiger partial charge is 0.453 e. The van der Waals surface area contributed by atoms with Gasteiger partial charge in [0.25, 0.3) is 0 Å². The van der Waals surface area contributed by atoms with Crippen LogP contribution in [-0.4, -0.2) is 29.5 Å². The third-order valence-electron chi connectivity index (χ3n) is 10.4. The molecule has 1 fully saturated rings. The average molecular weight is 676 g/mol. The first-order valence-electron chi connectivity index (χ1n) is 16.7. The molecule has 2 atom stereocenters. The van der Waals surface area contributed by atoms with Crippen molar-refractivity contribution in [3.8, 4) is 0 Å². The molecule has 3 heterocycles. The number of benzene rings is 6. The number of nitrogens with one attached hydrogen (secondary N) is 1. The number of hydrogen-bond donors (Lipinski definition) is 1. The molecule has 9 rings (SSSR count). The number of ether oxygens (including phenoxy) is 1. The Morgan fingerprint density at radius 1 is 0.600 bits per heavy atom. The van der Waals surface area contributed by atoms with Crippen molar-refractivity contribution in [2.45, 2.75) is 17.7 Å². The van der Waals surface area contributed by atoms with E-state index >= 15 is 4.57 Å². The SMILES string of the molecule is CN1[C@@H](c2ccccc2)[C@H](c2ccccc2)N(C)P1(=O)c1cccc2c1oc1c3c(ccc12)C(c1ccccc1)(c1ccccc1)OC(=O)N3. The molecule has 2 aliphatic rings. The first-order chi connectivity index (χ1) is 24.4. The van der Waals surface area contributed by atoms with Crippen LogP contribution < -0.4 is 10.6 Å². The maximum Gasteiger partial charge on any atom is 0.413 e. The number of cyclic esters (lactones) is 1. The molecule has 7 nitrogen and oxygen atoms in total. The first kappa shape index (κ1) is 30.6. The predicted octanol–water partition coefficient (Wildman–Crippen LogP) is 9.62. The minimum absolute atomic E-state index is 0.185. The van der Waals surface area contributed by atoms with Crippen molar-refractivity contribution < 1.29 is 18.5 Å². The molecule has 246 valence electrons. The Labute approximate surface area is 290 Å². The number of para-hydroxylation sites is 1. The molecule has 0 radical (unpaired) electrons. The smallest absolute Gasteiger partial charge is 0.413 e. The summed E-state index contributed by atoms with van der Waals surface area (Å²) in [6, 6.07) is 49.6. The molecule has 1 saturated heterocycles. The van der Waals surface area contributed by atoms with E-state index in [1.807, 2.05) is 151 Å². The average Bonchev–Trinajstić information content (AvgIpc) is 3.65. The van der Waals surface area contributed by atoms with Crippen LogP contribution in [0, 0.1) is 0 Å². The van der Waals surface area contributed by atoms with Crippen molar-refractivity contribution in [1.82, 2.24) is 9.34 Å². The minimum Gasteiger partial charge on any atom is -0.453 e. The van der Waals surface area contributed by atoms with Crippen molar-refractivity contribution in [3.05, 3.63) is 179 Å². The van der Waals surface area contributed by atoms with E-state index in [2.05, 4.69) is 29.6 Å². The molecule has 8 heteroatoms. The van der Waals surface area contributed by atoms with Gasteiger partial charge in [0.15, 0.2) is 11.2 Å². The number of carbonyl (C=O) groups excluding carboxylic acids is 1. The molecular weight excluding hydrogens is 641 g/mol. The first-order valence-corrected chi connectivity index (χ1v) is 18.3. The molecule has 1 aromatic heterocycles. The summed E-state index contributed by atoms with van der Waals surface area (Å²) < 4.78 is 33.1. The Morgan fingerprint density at radius 3 is 1.64 bits per heavy atom. The van der Waals surface area contributed by atoms with Crippen LogP contribution >= 0.6 is 7.44 Å². The lowest BCUT2D eigenvalue weighted by atomic mass is 9.78. The van der Waals surface area contributed by atoms with Crippen LogP contribution in [0.15, 0.2) is 156 Å². The highest BCUT2D eigenvalue weighted by Crippen LogP contribution is 2.68. The molecule has 50 heavy (non-hydrogen) atoms. The maximum absolute atomic E-state index is 15.9. The molecule has 6 aromatic carbocycles. The molecule has 2 aliphatic heterocycles. The van der Waals surface area contributed by atoms with Gasteiger partial charge in [0.05, 0.1) is 23.1 Å².